The zero-order chi connectivity index (χ0) is 10.7. The lowest BCUT2D eigenvalue weighted by molar-refractivity contribution is 0.156. The fourth-order valence-electron chi connectivity index (χ4n) is 0.801. The van der Waals surface area contributed by atoms with Crippen molar-refractivity contribution in [2.75, 3.05) is 0 Å². The van der Waals surface area contributed by atoms with Gasteiger partial charge in [-0.25, -0.2) is 9.37 Å². The van der Waals surface area contributed by atoms with Crippen LogP contribution in [-0.4, -0.2) is 11.1 Å². The highest BCUT2D eigenvalue weighted by Crippen LogP contribution is 2.20. The summed E-state index contributed by atoms with van der Waals surface area (Å²) in [5.74, 6) is -0.201. The van der Waals surface area contributed by atoms with Crippen LogP contribution >= 0.6 is 11.6 Å². The third kappa shape index (κ3) is 2.84. The number of nitrogens with zero attached hydrogens (tertiary/aromatic N) is 1. The Kier molecular flexibility index (Phi) is 3.69. The Balaban J connectivity index is 2.77. The molecule has 2 nitrogen and oxygen atoms in total. The monoisotopic (exact) mass is 217 g/mol. The minimum Gasteiger partial charge on any atom is -0.472 e. The van der Waals surface area contributed by atoms with Crippen LogP contribution in [0.3, 0.4) is 0 Å². The summed E-state index contributed by atoms with van der Waals surface area (Å²) in [7, 11) is 0. The Morgan fingerprint density at radius 3 is 2.57 bits per heavy atom. The van der Waals surface area contributed by atoms with E-state index in [4.69, 9.17) is 16.3 Å². The molecule has 0 fully saturated rings. The third-order valence-corrected chi connectivity index (χ3v) is 2.22. The molecule has 0 spiro atoms. The van der Waals surface area contributed by atoms with Crippen LogP contribution in [0.1, 0.15) is 20.8 Å². The van der Waals surface area contributed by atoms with Crippen molar-refractivity contribution in [3.05, 3.63) is 23.1 Å². The molecular weight excluding hydrogens is 205 g/mol. The van der Waals surface area contributed by atoms with E-state index in [2.05, 4.69) is 4.98 Å². The molecule has 1 unspecified atom stereocenters. The third-order valence-electron chi connectivity index (χ3n) is 2.01. The largest absolute Gasteiger partial charge is 0.472 e. The molecule has 0 aromatic carbocycles. The van der Waals surface area contributed by atoms with E-state index in [1.165, 1.54) is 12.3 Å². The maximum Gasteiger partial charge on any atom is 0.250 e. The SMILES string of the molecule is CC(C)C(C)Oc1ncc(Cl)cc1F. The number of pyridine rings is 1. The number of ether oxygens (including phenoxy) is 1. The summed E-state index contributed by atoms with van der Waals surface area (Å²) in [4.78, 5) is 3.77. The molecule has 0 saturated heterocycles. The molecule has 78 valence electrons. The Morgan fingerprint density at radius 2 is 2.07 bits per heavy atom. The topological polar surface area (TPSA) is 22.1 Å². The molecule has 0 saturated carbocycles. The van der Waals surface area contributed by atoms with E-state index in [0.717, 1.165) is 0 Å². The van der Waals surface area contributed by atoms with Gasteiger partial charge >= 0.3 is 0 Å². The maximum absolute atomic E-state index is 13.2. The predicted molar refractivity (Wildman–Crippen MR) is 54.1 cm³/mol. The zero-order valence-electron chi connectivity index (χ0n) is 8.42. The van der Waals surface area contributed by atoms with Crippen molar-refractivity contribution in [2.24, 2.45) is 5.92 Å². The molecule has 1 atom stereocenters. The normalized spacial score (nSPS) is 13.0. The predicted octanol–water partition coefficient (Wildman–Crippen LogP) is 3.30. The minimum absolute atomic E-state index is 0.00981. The number of hydrogen-bond acceptors (Lipinski definition) is 2. The van der Waals surface area contributed by atoms with E-state index >= 15 is 0 Å². The Morgan fingerprint density at radius 1 is 1.43 bits per heavy atom. The van der Waals surface area contributed by atoms with E-state index in [1.807, 2.05) is 20.8 Å². The van der Waals surface area contributed by atoms with Crippen LogP contribution in [0.15, 0.2) is 12.3 Å². The molecule has 1 aromatic heterocycles. The summed E-state index contributed by atoms with van der Waals surface area (Å²) >= 11 is 5.56. The summed E-state index contributed by atoms with van der Waals surface area (Å²) in [6.45, 7) is 5.87. The van der Waals surface area contributed by atoms with E-state index < -0.39 is 5.82 Å². The summed E-state index contributed by atoms with van der Waals surface area (Å²) in [5.41, 5.74) is 0. The average Bonchev–Trinajstić information content (AvgIpc) is 2.09. The van der Waals surface area contributed by atoms with Gasteiger partial charge in [0, 0.05) is 6.20 Å². The smallest absolute Gasteiger partial charge is 0.250 e. The van der Waals surface area contributed by atoms with Crippen molar-refractivity contribution in [1.29, 1.82) is 0 Å². The van der Waals surface area contributed by atoms with Gasteiger partial charge in [-0.15, -0.1) is 0 Å². The summed E-state index contributed by atoms with van der Waals surface area (Å²) < 4.78 is 18.5. The van der Waals surface area contributed by atoms with Crippen LogP contribution < -0.4 is 4.74 Å². The molecule has 1 aromatic rings. The van der Waals surface area contributed by atoms with Crippen molar-refractivity contribution in [1.82, 2.24) is 4.98 Å². The first-order valence-corrected chi connectivity index (χ1v) is 4.86. The lowest BCUT2D eigenvalue weighted by atomic mass is 10.1. The second kappa shape index (κ2) is 4.60. The molecular formula is C10H13ClFNO. The average molecular weight is 218 g/mol. The molecule has 4 heteroatoms. The molecule has 0 radical (unpaired) electrons. The van der Waals surface area contributed by atoms with Crippen molar-refractivity contribution in [3.8, 4) is 5.88 Å². The zero-order valence-corrected chi connectivity index (χ0v) is 9.18. The van der Waals surface area contributed by atoms with Gasteiger partial charge in [-0.1, -0.05) is 25.4 Å². The van der Waals surface area contributed by atoms with Crippen molar-refractivity contribution in [2.45, 2.75) is 26.9 Å². The van der Waals surface area contributed by atoms with E-state index in [1.54, 1.807) is 0 Å². The second-order valence-electron chi connectivity index (χ2n) is 3.51. The van der Waals surface area contributed by atoms with Gasteiger partial charge in [0.2, 0.25) is 0 Å². The number of aromatic nitrogens is 1. The van der Waals surface area contributed by atoms with Crippen molar-refractivity contribution in [3.63, 3.8) is 0 Å². The Labute approximate surface area is 88.1 Å². The maximum atomic E-state index is 13.2. The highest BCUT2D eigenvalue weighted by atomic mass is 35.5. The highest BCUT2D eigenvalue weighted by Gasteiger charge is 2.13. The fraction of sp³-hybridized carbons (Fsp3) is 0.500. The molecule has 0 aliphatic rings. The van der Waals surface area contributed by atoms with Gasteiger partial charge in [-0.2, -0.15) is 0 Å². The number of hydrogen-bond donors (Lipinski definition) is 0. The lowest BCUT2D eigenvalue weighted by Gasteiger charge is -2.17. The van der Waals surface area contributed by atoms with Crippen molar-refractivity contribution >= 4 is 11.6 Å². The van der Waals surface area contributed by atoms with Crippen LogP contribution in [-0.2, 0) is 0 Å². The van der Waals surface area contributed by atoms with Gasteiger partial charge in [-0.3, -0.25) is 0 Å². The first-order valence-electron chi connectivity index (χ1n) is 4.48. The van der Waals surface area contributed by atoms with Gasteiger partial charge < -0.3 is 4.74 Å². The van der Waals surface area contributed by atoms with Crippen LogP contribution in [0.2, 0.25) is 5.02 Å². The first-order chi connectivity index (χ1) is 6.50. The summed E-state index contributed by atoms with van der Waals surface area (Å²) in [5, 5.41) is 0.270. The van der Waals surface area contributed by atoms with Crippen molar-refractivity contribution < 1.29 is 9.13 Å². The van der Waals surface area contributed by atoms with Gasteiger partial charge in [0.25, 0.3) is 5.88 Å². The van der Waals surface area contributed by atoms with Gasteiger partial charge in [0.1, 0.15) is 6.10 Å². The van der Waals surface area contributed by atoms with Gasteiger partial charge in [0.15, 0.2) is 5.82 Å². The van der Waals surface area contributed by atoms with Crippen LogP contribution in [0.25, 0.3) is 0 Å². The molecule has 0 aliphatic carbocycles. The lowest BCUT2D eigenvalue weighted by Crippen LogP contribution is -2.19. The Hall–Kier alpha value is -0.830. The van der Waals surface area contributed by atoms with E-state index in [9.17, 15) is 4.39 Å². The van der Waals surface area contributed by atoms with Crippen LogP contribution in [0.4, 0.5) is 4.39 Å². The molecule has 0 aliphatic heterocycles. The summed E-state index contributed by atoms with van der Waals surface area (Å²) in [6, 6.07) is 1.19. The minimum atomic E-state index is -0.523. The highest BCUT2D eigenvalue weighted by molar-refractivity contribution is 6.30. The molecule has 0 amide bonds. The second-order valence-corrected chi connectivity index (χ2v) is 3.94. The molecule has 1 heterocycles. The van der Waals surface area contributed by atoms with Gasteiger partial charge in [0.05, 0.1) is 5.02 Å². The molecule has 0 N–H and O–H groups in total. The first kappa shape index (κ1) is 11.2. The number of halogens is 2. The standard InChI is InChI=1S/C10H13ClFNO/c1-6(2)7(3)14-10-9(12)4-8(11)5-13-10/h4-7H,1-3H3. The Bertz CT molecular complexity index is 317. The van der Waals surface area contributed by atoms with Gasteiger partial charge in [-0.05, 0) is 18.9 Å². The molecule has 1 rings (SSSR count). The summed E-state index contributed by atoms with van der Waals surface area (Å²) in [6.07, 6.45) is 1.30. The fourth-order valence-corrected chi connectivity index (χ4v) is 0.945. The van der Waals surface area contributed by atoms with E-state index in [0.29, 0.717) is 5.92 Å². The number of rotatable bonds is 3. The van der Waals surface area contributed by atoms with E-state index in [-0.39, 0.29) is 17.0 Å². The van der Waals surface area contributed by atoms with Crippen LogP contribution in [0.5, 0.6) is 5.88 Å². The molecule has 14 heavy (non-hydrogen) atoms. The molecule has 0 bridgehead atoms. The van der Waals surface area contributed by atoms with Crippen LogP contribution in [0, 0.1) is 11.7 Å². The quantitative estimate of drug-likeness (QED) is 0.775.